The highest BCUT2D eigenvalue weighted by Gasteiger charge is 2.13. The van der Waals surface area contributed by atoms with Gasteiger partial charge in [-0.1, -0.05) is 38.5 Å². The molecule has 1 aromatic rings. The largest absolute Gasteiger partial charge is 0.382 e. The Morgan fingerprint density at radius 1 is 1.32 bits per heavy atom. The van der Waals surface area contributed by atoms with Crippen LogP contribution in [0.25, 0.3) is 0 Å². The molecule has 0 radical (unpaired) electrons. The molecular weight excluding hydrogens is 236 g/mol. The van der Waals surface area contributed by atoms with Crippen molar-refractivity contribution >= 4 is 11.6 Å². The number of hydrogen-bond acceptors (Lipinski definition) is 2. The van der Waals surface area contributed by atoms with Crippen LogP contribution in [0.1, 0.15) is 39.7 Å². The molecule has 0 heterocycles. The van der Waals surface area contributed by atoms with Crippen LogP contribution in [0.4, 0.5) is 5.69 Å². The van der Waals surface area contributed by atoms with Gasteiger partial charge in [-0.15, -0.1) is 0 Å². The van der Waals surface area contributed by atoms with E-state index >= 15 is 0 Å². The summed E-state index contributed by atoms with van der Waals surface area (Å²) in [6, 6.07) is 8.63. The quantitative estimate of drug-likeness (QED) is 0.851. The van der Waals surface area contributed by atoms with Crippen molar-refractivity contribution in [2.75, 3.05) is 12.4 Å². The second kappa shape index (κ2) is 7.17. The monoisotopic (exact) mass is 262 g/mol. The van der Waals surface area contributed by atoms with Crippen molar-refractivity contribution in [3.63, 3.8) is 0 Å². The minimum Gasteiger partial charge on any atom is -0.382 e. The van der Waals surface area contributed by atoms with E-state index in [9.17, 15) is 4.79 Å². The average molecular weight is 262 g/mol. The number of nitrogens with one attached hydrogen (secondary N) is 1. The molecule has 0 aliphatic heterocycles. The summed E-state index contributed by atoms with van der Waals surface area (Å²) >= 11 is 0. The zero-order chi connectivity index (χ0) is 14.4. The van der Waals surface area contributed by atoms with Gasteiger partial charge < -0.3 is 10.2 Å². The smallest absolute Gasteiger partial charge is 0.219 e. The maximum Gasteiger partial charge on any atom is 0.219 e. The average Bonchev–Trinajstić information content (AvgIpc) is 2.39. The van der Waals surface area contributed by atoms with Gasteiger partial charge in [0, 0.05) is 32.2 Å². The summed E-state index contributed by atoms with van der Waals surface area (Å²) in [5.74, 6) is 0.711. The Kier molecular flexibility index (Phi) is 5.87. The normalized spacial score (nSPS) is 13.7. The fraction of sp³-hybridized carbons (Fsp3) is 0.562. The van der Waals surface area contributed by atoms with Crippen molar-refractivity contribution in [3.05, 3.63) is 29.8 Å². The topological polar surface area (TPSA) is 32.3 Å². The number of benzene rings is 1. The van der Waals surface area contributed by atoms with Crippen molar-refractivity contribution in [2.24, 2.45) is 5.92 Å². The molecular formula is C16H26N2O. The zero-order valence-corrected chi connectivity index (χ0v) is 12.7. The van der Waals surface area contributed by atoms with E-state index in [0.29, 0.717) is 18.5 Å². The molecule has 0 saturated heterocycles. The molecule has 1 amide bonds. The van der Waals surface area contributed by atoms with Crippen molar-refractivity contribution in [2.45, 2.75) is 46.7 Å². The molecule has 3 nitrogen and oxygen atoms in total. The van der Waals surface area contributed by atoms with Gasteiger partial charge in [0.2, 0.25) is 5.91 Å². The van der Waals surface area contributed by atoms with Gasteiger partial charge >= 0.3 is 0 Å². The van der Waals surface area contributed by atoms with Crippen LogP contribution in [0.15, 0.2) is 24.3 Å². The SMILES string of the molecule is CCC(C)C(C)Nc1ccccc1CN(C)C(C)=O. The van der Waals surface area contributed by atoms with E-state index in [1.165, 1.54) is 0 Å². The second-order valence-corrected chi connectivity index (χ2v) is 5.35. The Morgan fingerprint density at radius 3 is 2.53 bits per heavy atom. The van der Waals surface area contributed by atoms with Crippen molar-refractivity contribution in [3.8, 4) is 0 Å². The first kappa shape index (κ1) is 15.5. The highest BCUT2D eigenvalue weighted by Crippen LogP contribution is 2.20. The third kappa shape index (κ3) is 4.58. The summed E-state index contributed by atoms with van der Waals surface area (Å²) < 4.78 is 0. The number of carbonyl (C=O) groups excluding carboxylic acids is 1. The molecule has 2 unspecified atom stereocenters. The highest BCUT2D eigenvalue weighted by atomic mass is 16.2. The van der Waals surface area contributed by atoms with Gasteiger partial charge in [-0.2, -0.15) is 0 Å². The van der Waals surface area contributed by atoms with Crippen LogP contribution in [0.3, 0.4) is 0 Å². The van der Waals surface area contributed by atoms with Crippen LogP contribution < -0.4 is 5.32 Å². The van der Waals surface area contributed by atoms with Gasteiger partial charge in [0.05, 0.1) is 0 Å². The lowest BCUT2D eigenvalue weighted by Gasteiger charge is -2.24. The van der Waals surface area contributed by atoms with Crippen molar-refractivity contribution in [1.29, 1.82) is 0 Å². The molecule has 0 aromatic heterocycles. The first-order valence-electron chi connectivity index (χ1n) is 7.01. The number of para-hydroxylation sites is 1. The zero-order valence-electron chi connectivity index (χ0n) is 12.7. The summed E-state index contributed by atoms with van der Waals surface area (Å²) in [6.07, 6.45) is 1.16. The van der Waals surface area contributed by atoms with Crippen LogP contribution in [-0.4, -0.2) is 23.9 Å². The van der Waals surface area contributed by atoms with Gasteiger partial charge in [0.25, 0.3) is 0 Å². The molecule has 0 fully saturated rings. The Hall–Kier alpha value is -1.51. The lowest BCUT2D eigenvalue weighted by atomic mass is 10.00. The van der Waals surface area contributed by atoms with Gasteiger partial charge in [-0.05, 0) is 24.5 Å². The van der Waals surface area contributed by atoms with Gasteiger partial charge in [0.1, 0.15) is 0 Å². The standard InChI is InChI=1S/C16H26N2O/c1-6-12(2)13(3)17-16-10-8-7-9-15(16)11-18(5)14(4)19/h7-10,12-13,17H,6,11H2,1-5H3. The summed E-state index contributed by atoms with van der Waals surface area (Å²) in [7, 11) is 1.83. The number of hydrogen-bond donors (Lipinski definition) is 1. The highest BCUT2D eigenvalue weighted by molar-refractivity contribution is 5.73. The van der Waals surface area contributed by atoms with Crippen LogP contribution >= 0.6 is 0 Å². The van der Waals surface area contributed by atoms with E-state index in [0.717, 1.165) is 17.7 Å². The minimum atomic E-state index is 0.0878. The number of amides is 1. The van der Waals surface area contributed by atoms with Crippen LogP contribution in [-0.2, 0) is 11.3 Å². The van der Waals surface area contributed by atoms with E-state index in [4.69, 9.17) is 0 Å². The molecule has 0 spiro atoms. The summed E-state index contributed by atoms with van der Waals surface area (Å²) in [5, 5.41) is 3.57. The fourth-order valence-electron chi connectivity index (χ4n) is 1.91. The molecule has 2 atom stereocenters. The summed E-state index contributed by atoms with van der Waals surface area (Å²) in [5.41, 5.74) is 2.29. The molecule has 106 valence electrons. The number of nitrogens with zero attached hydrogens (tertiary/aromatic N) is 1. The molecule has 1 N–H and O–H groups in total. The minimum absolute atomic E-state index is 0.0878. The molecule has 0 aliphatic rings. The summed E-state index contributed by atoms with van der Waals surface area (Å²) in [4.78, 5) is 13.1. The van der Waals surface area contributed by atoms with E-state index in [1.54, 1.807) is 11.8 Å². The van der Waals surface area contributed by atoms with E-state index < -0.39 is 0 Å². The predicted octanol–water partition coefficient (Wildman–Crippen LogP) is 3.51. The first-order valence-corrected chi connectivity index (χ1v) is 7.01. The third-order valence-electron chi connectivity index (χ3n) is 3.84. The molecule has 1 rings (SSSR count). The van der Waals surface area contributed by atoms with Gasteiger partial charge in [-0.25, -0.2) is 0 Å². The van der Waals surface area contributed by atoms with Crippen molar-refractivity contribution in [1.82, 2.24) is 4.90 Å². The first-order chi connectivity index (χ1) is 8.95. The number of anilines is 1. The van der Waals surface area contributed by atoms with Crippen molar-refractivity contribution < 1.29 is 4.79 Å². The van der Waals surface area contributed by atoms with Crippen LogP contribution in [0.5, 0.6) is 0 Å². The summed E-state index contributed by atoms with van der Waals surface area (Å²) in [6.45, 7) is 8.91. The number of rotatable bonds is 6. The van der Waals surface area contributed by atoms with Crippen LogP contribution in [0.2, 0.25) is 0 Å². The molecule has 0 bridgehead atoms. The molecule has 0 aliphatic carbocycles. The Balaban J connectivity index is 2.81. The Morgan fingerprint density at radius 2 is 1.95 bits per heavy atom. The van der Waals surface area contributed by atoms with E-state index in [-0.39, 0.29) is 5.91 Å². The van der Waals surface area contributed by atoms with Gasteiger partial charge in [-0.3, -0.25) is 4.79 Å². The molecule has 0 saturated carbocycles. The van der Waals surface area contributed by atoms with Crippen LogP contribution in [0, 0.1) is 5.92 Å². The fourth-order valence-corrected chi connectivity index (χ4v) is 1.91. The van der Waals surface area contributed by atoms with E-state index in [2.05, 4.69) is 38.2 Å². The lowest BCUT2D eigenvalue weighted by molar-refractivity contribution is -0.128. The Labute approximate surface area is 117 Å². The molecule has 19 heavy (non-hydrogen) atoms. The second-order valence-electron chi connectivity index (χ2n) is 5.35. The van der Waals surface area contributed by atoms with Gasteiger partial charge in [0.15, 0.2) is 0 Å². The number of carbonyl (C=O) groups is 1. The Bertz CT molecular complexity index is 417. The molecule has 3 heteroatoms. The maximum atomic E-state index is 11.3. The predicted molar refractivity (Wildman–Crippen MR) is 81.1 cm³/mol. The lowest BCUT2D eigenvalue weighted by Crippen LogP contribution is -2.26. The van der Waals surface area contributed by atoms with E-state index in [1.807, 2.05) is 19.2 Å². The maximum absolute atomic E-state index is 11.3. The third-order valence-corrected chi connectivity index (χ3v) is 3.84. The molecule has 1 aromatic carbocycles.